The van der Waals surface area contributed by atoms with Gasteiger partial charge in [0.05, 0.1) is 45.1 Å². The first-order valence-electron chi connectivity index (χ1n) is 12.7. The summed E-state index contributed by atoms with van der Waals surface area (Å²) >= 11 is 0. The molecule has 11 nitrogen and oxygen atoms in total. The van der Waals surface area contributed by atoms with Gasteiger partial charge in [-0.3, -0.25) is 14.5 Å². The molecule has 3 rings (SSSR count). The number of carbonyl (C=O) groups is 2. The van der Waals surface area contributed by atoms with Gasteiger partial charge < -0.3 is 24.8 Å². The Hall–Kier alpha value is -2.25. The number of aliphatic hydroxyl groups is 1. The molecule has 1 saturated heterocycles. The van der Waals surface area contributed by atoms with Crippen molar-refractivity contribution in [1.82, 2.24) is 14.1 Å². The van der Waals surface area contributed by atoms with Gasteiger partial charge >= 0.3 is 0 Å². The van der Waals surface area contributed by atoms with Crippen LogP contribution >= 0.6 is 0 Å². The number of amides is 2. The Balaban J connectivity index is 1.81. The summed E-state index contributed by atoms with van der Waals surface area (Å²) in [6, 6.07) is 4.76. The molecular formula is C25H40N4O7S. The van der Waals surface area contributed by atoms with Gasteiger partial charge in [0.1, 0.15) is 11.9 Å². The van der Waals surface area contributed by atoms with Gasteiger partial charge in [-0.25, -0.2) is 12.7 Å². The maximum Gasteiger partial charge on any atom is 0.227 e. The quantitative estimate of drug-likeness (QED) is 0.460. The maximum absolute atomic E-state index is 13.3. The standard InChI is InChI=1S/C25H40N4O7S/c1-18-15-29(19(2)17-30)25(32)14-20-13-21(26-24(31)7-8-28-9-11-35-12-10-28)5-6-22(20)36-23(18)16-27(3)37(4,33)34/h5-6,13,18-19,23,30H,7-12,14-17H2,1-4H3,(H,26,31)/t18-,19-,23-/m0/s1. The number of benzene rings is 1. The van der Waals surface area contributed by atoms with Crippen LogP contribution in [0.25, 0.3) is 0 Å². The van der Waals surface area contributed by atoms with Gasteiger partial charge in [0.2, 0.25) is 21.8 Å². The molecule has 0 radical (unpaired) electrons. The zero-order valence-electron chi connectivity index (χ0n) is 22.2. The third kappa shape index (κ3) is 8.37. The SMILES string of the molecule is C[C@H]1CN([C@@H](C)CO)C(=O)Cc2cc(NC(=O)CCN3CCOCC3)ccc2O[C@H]1CN(C)S(C)(=O)=O. The second-order valence-electron chi connectivity index (χ2n) is 10.0. The molecule has 2 amide bonds. The molecule has 12 heteroatoms. The van der Waals surface area contributed by atoms with Crippen molar-refractivity contribution in [3.63, 3.8) is 0 Å². The largest absolute Gasteiger partial charge is 0.488 e. The van der Waals surface area contributed by atoms with E-state index in [4.69, 9.17) is 9.47 Å². The Morgan fingerprint density at radius 3 is 2.65 bits per heavy atom. The lowest BCUT2D eigenvalue weighted by Crippen LogP contribution is -2.48. The summed E-state index contributed by atoms with van der Waals surface area (Å²) in [5, 5.41) is 12.7. The van der Waals surface area contributed by atoms with E-state index >= 15 is 0 Å². The van der Waals surface area contributed by atoms with Gasteiger partial charge in [-0.15, -0.1) is 0 Å². The van der Waals surface area contributed by atoms with Crippen LogP contribution in [-0.4, -0.2) is 117 Å². The molecule has 2 heterocycles. The minimum absolute atomic E-state index is 0.0263. The lowest BCUT2D eigenvalue weighted by Gasteiger charge is -2.33. The molecule has 0 unspecified atom stereocenters. The number of hydrogen-bond acceptors (Lipinski definition) is 8. The van der Waals surface area contributed by atoms with Gasteiger partial charge in [-0.05, 0) is 25.1 Å². The van der Waals surface area contributed by atoms with Crippen molar-refractivity contribution in [3.05, 3.63) is 23.8 Å². The fourth-order valence-corrected chi connectivity index (χ4v) is 4.84. The molecule has 0 bridgehead atoms. The topological polar surface area (TPSA) is 129 Å². The van der Waals surface area contributed by atoms with Crippen molar-refractivity contribution >= 4 is 27.5 Å². The minimum atomic E-state index is -3.44. The van der Waals surface area contributed by atoms with Crippen molar-refractivity contribution in [1.29, 1.82) is 0 Å². The van der Waals surface area contributed by atoms with Gasteiger partial charge in [0.15, 0.2) is 0 Å². The summed E-state index contributed by atoms with van der Waals surface area (Å²) in [7, 11) is -1.94. The predicted molar refractivity (Wildman–Crippen MR) is 140 cm³/mol. The molecule has 1 aromatic carbocycles. The van der Waals surface area contributed by atoms with E-state index in [1.807, 2.05) is 6.92 Å². The van der Waals surface area contributed by atoms with Crippen molar-refractivity contribution < 1.29 is 32.6 Å². The number of aliphatic hydroxyl groups excluding tert-OH is 1. The van der Waals surface area contributed by atoms with Crippen molar-refractivity contribution in [3.8, 4) is 5.75 Å². The van der Waals surface area contributed by atoms with Crippen LogP contribution in [0.4, 0.5) is 5.69 Å². The summed E-state index contributed by atoms with van der Waals surface area (Å²) in [5.74, 6) is -0.0469. The molecule has 0 aliphatic carbocycles. The average Bonchev–Trinajstić information content (AvgIpc) is 2.90. The number of rotatable bonds is 9. The third-order valence-corrected chi connectivity index (χ3v) is 8.24. The molecule has 2 aliphatic heterocycles. The molecule has 3 atom stereocenters. The fourth-order valence-electron chi connectivity index (χ4n) is 4.42. The Labute approximate surface area is 219 Å². The van der Waals surface area contributed by atoms with E-state index in [-0.39, 0.29) is 37.3 Å². The number of carbonyl (C=O) groups excluding carboxylic acids is 2. The Kier molecular flexibility index (Phi) is 10.3. The first-order valence-corrected chi connectivity index (χ1v) is 14.5. The van der Waals surface area contributed by atoms with Crippen LogP contribution < -0.4 is 10.1 Å². The predicted octanol–water partition coefficient (Wildman–Crippen LogP) is 0.388. The fraction of sp³-hybridized carbons (Fsp3) is 0.680. The average molecular weight is 541 g/mol. The highest BCUT2D eigenvalue weighted by molar-refractivity contribution is 7.88. The number of ether oxygens (including phenoxy) is 2. The van der Waals surface area contributed by atoms with Crippen molar-refractivity contribution in [2.45, 2.75) is 38.8 Å². The normalized spacial score (nSPS) is 22.4. The first kappa shape index (κ1) is 29.3. The van der Waals surface area contributed by atoms with Crippen molar-refractivity contribution in [2.75, 3.05) is 71.2 Å². The molecular weight excluding hydrogens is 500 g/mol. The summed E-state index contributed by atoms with van der Waals surface area (Å²) in [4.78, 5) is 29.7. The van der Waals surface area contributed by atoms with Crippen molar-refractivity contribution in [2.24, 2.45) is 5.92 Å². The number of nitrogens with zero attached hydrogens (tertiary/aromatic N) is 3. The monoisotopic (exact) mass is 540 g/mol. The van der Waals surface area contributed by atoms with E-state index in [0.29, 0.717) is 49.7 Å². The van der Waals surface area contributed by atoms with Gasteiger partial charge in [-0.1, -0.05) is 6.92 Å². The number of nitrogens with one attached hydrogen (secondary N) is 1. The van der Waals surface area contributed by atoms with E-state index in [0.717, 1.165) is 19.3 Å². The summed E-state index contributed by atoms with van der Waals surface area (Å²) in [5.41, 5.74) is 1.15. The number of fused-ring (bicyclic) bond motifs is 1. The van der Waals surface area contributed by atoms with E-state index < -0.39 is 22.2 Å². The number of sulfonamides is 1. The van der Waals surface area contributed by atoms with E-state index in [2.05, 4.69) is 10.2 Å². The Bertz CT molecular complexity index is 1050. The third-order valence-electron chi connectivity index (χ3n) is 6.96. The number of likely N-dealkylation sites (N-methyl/N-ethyl adjacent to an activating group) is 1. The molecule has 208 valence electrons. The van der Waals surface area contributed by atoms with Crippen LogP contribution in [-0.2, 0) is 30.8 Å². The molecule has 1 fully saturated rings. The van der Waals surface area contributed by atoms with Gasteiger partial charge in [0.25, 0.3) is 0 Å². The Morgan fingerprint density at radius 1 is 1.30 bits per heavy atom. The summed E-state index contributed by atoms with van der Waals surface area (Å²) in [6.07, 6.45) is 0.967. The summed E-state index contributed by atoms with van der Waals surface area (Å²) in [6.45, 7) is 7.49. The lowest BCUT2D eigenvalue weighted by molar-refractivity contribution is -0.134. The second-order valence-corrected chi connectivity index (χ2v) is 12.1. The van der Waals surface area contributed by atoms with Gasteiger partial charge in [-0.2, -0.15) is 0 Å². The molecule has 0 saturated carbocycles. The van der Waals surface area contributed by atoms with Crippen LogP contribution in [0.15, 0.2) is 18.2 Å². The molecule has 37 heavy (non-hydrogen) atoms. The van der Waals surface area contributed by atoms with E-state index in [1.54, 1.807) is 30.0 Å². The lowest BCUT2D eigenvalue weighted by atomic mass is 10.0. The van der Waals surface area contributed by atoms with Crippen LogP contribution in [0.2, 0.25) is 0 Å². The first-order chi connectivity index (χ1) is 17.5. The molecule has 2 aliphatic rings. The van der Waals surface area contributed by atoms with Crippen LogP contribution in [0.3, 0.4) is 0 Å². The highest BCUT2D eigenvalue weighted by atomic mass is 32.2. The molecule has 1 aromatic rings. The highest BCUT2D eigenvalue weighted by Gasteiger charge is 2.32. The second kappa shape index (κ2) is 13.0. The van der Waals surface area contributed by atoms with E-state index in [1.165, 1.54) is 11.4 Å². The van der Waals surface area contributed by atoms with Crippen LogP contribution in [0, 0.1) is 5.92 Å². The van der Waals surface area contributed by atoms with Crippen LogP contribution in [0.1, 0.15) is 25.8 Å². The minimum Gasteiger partial charge on any atom is -0.488 e. The number of hydrogen-bond donors (Lipinski definition) is 2. The summed E-state index contributed by atoms with van der Waals surface area (Å²) < 4.78 is 37.0. The molecule has 2 N–H and O–H groups in total. The Morgan fingerprint density at radius 2 is 2.00 bits per heavy atom. The van der Waals surface area contributed by atoms with E-state index in [9.17, 15) is 23.1 Å². The zero-order chi connectivity index (χ0) is 27.2. The van der Waals surface area contributed by atoms with Crippen LogP contribution in [0.5, 0.6) is 5.75 Å². The smallest absolute Gasteiger partial charge is 0.227 e. The highest BCUT2D eigenvalue weighted by Crippen LogP contribution is 2.29. The molecule has 0 spiro atoms. The van der Waals surface area contributed by atoms with Gasteiger partial charge in [0, 0.05) is 56.8 Å². The number of morpholine rings is 1. The molecule has 0 aromatic heterocycles. The zero-order valence-corrected chi connectivity index (χ0v) is 23.0. The number of anilines is 1. The maximum atomic E-state index is 13.3.